The molecule has 0 heterocycles. The van der Waals surface area contributed by atoms with Crippen LogP contribution >= 0.6 is 0 Å². The second-order valence-electron chi connectivity index (χ2n) is 2.07. The lowest BCUT2D eigenvalue weighted by Crippen LogP contribution is -2.14. The van der Waals surface area contributed by atoms with E-state index in [-0.39, 0.29) is 1.43 Å². The van der Waals surface area contributed by atoms with Crippen molar-refractivity contribution >= 4 is 0 Å². The predicted octanol–water partition coefficient (Wildman–Crippen LogP) is 1.50. The van der Waals surface area contributed by atoms with E-state index in [0.29, 0.717) is 0 Å². The molecule has 0 rings (SSSR count). The maximum Gasteiger partial charge on any atom is 0 e. The maximum absolute atomic E-state index is 3.12. The van der Waals surface area contributed by atoms with E-state index < -0.39 is 0 Å². The number of hydrogen-bond donors (Lipinski definition) is 1. The molecule has 0 saturated heterocycles. The summed E-state index contributed by atoms with van der Waals surface area (Å²) in [5.41, 5.74) is 0. The first kappa shape index (κ1) is 6.96. The van der Waals surface area contributed by atoms with Crippen molar-refractivity contribution in [3.05, 3.63) is 0 Å². The second kappa shape index (κ2) is 4.13. The minimum atomic E-state index is 0. The highest BCUT2D eigenvalue weighted by Gasteiger charge is 1.91. The van der Waals surface area contributed by atoms with Crippen LogP contribution in [0.1, 0.15) is 21.7 Å². The molecule has 0 aromatic rings. The molecule has 0 aliphatic heterocycles. The quantitative estimate of drug-likeness (QED) is 0.570. The summed E-state index contributed by atoms with van der Waals surface area (Å²) in [6.07, 6.45) is 1.28. The van der Waals surface area contributed by atoms with E-state index in [0.717, 1.165) is 12.5 Å². The summed E-state index contributed by atoms with van der Waals surface area (Å²) in [5.74, 6) is 0.838. The molecule has 1 nitrogen and oxygen atoms in total. The van der Waals surface area contributed by atoms with Crippen LogP contribution < -0.4 is 5.32 Å². The Morgan fingerprint density at radius 2 is 2.29 bits per heavy atom. The summed E-state index contributed by atoms with van der Waals surface area (Å²) in [5, 5.41) is 3.12. The molecule has 0 saturated carbocycles. The Morgan fingerprint density at radius 3 is 2.43 bits per heavy atom. The Labute approximate surface area is 47.6 Å². The van der Waals surface area contributed by atoms with Crippen molar-refractivity contribution in [2.45, 2.75) is 20.3 Å². The zero-order chi connectivity index (χ0) is 5.70. The first-order valence-corrected chi connectivity index (χ1v) is 2.95. The molecule has 0 aromatic carbocycles. The van der Waals surface area contributed by atoms with Crippen molar-refractivity contribution in [2.24, 2.45) is 5.92 Å². The molecule has 0 radical (unpaired) electrons. The van der Waals surface area contributed by atoms with Gasteiger partial charge in [-0.2, -0.15) is 0 Å². The van der Waals surface area contributed by atoms with Crippen molar-refractivity contribution in [3.8, 4) is 0 Å². The normalized spacial score (nSPS) is 14.1. The zero-order valence-corrected chi connectivity index (χ0v) is 5.49. The fraction of sp³-hybridized carbons (Fsp3) is 1.00. The van der Waals surface area contributed by atoms with E-state index in [1.165, 1.54) is 6.42 Å². The van der Waals surface area contributed by atoms with E-state index >= 15 is 0 Å². The minimum Gasteiger partial charge on any atom is -0.319 e. The van der Waals surface area contributed by atoms with Crippen LogP contribution in [-0.2, 0) is 0 Å². The third-order valence-corrected chi connectivity index (χ3v) is 1.25. The summed E-state index contributed by atoms with van der Waals surface area (Å²) in [6.45, 7) is 5.61. The lowest BCUT2D eigenvalue weighted by Gasteiger charge is -2.04. The van der Waals surface area contributed by atoms with Gasteiger partial charge < -0.3 is 5.32 Å². The monoisotopic (exact) mass is 103 g/mol. The molecule has 1 atom stereocenters. The first-order valence-electron chi connectivity index (χ1n) is 2.95. The Bertz CT molecular complexity index is 39.5. The molecule has 0 aromatic heterocycles. The van der Waals surface area contributed by atoms with Gasteiger partial charge in [0, 0.05) is 1.43 Å². The second-order valence-corrected chi connectivity index (χ2v) is 2.07. The van der Waals surface area contributed by atoms with Crippen LogP contribution in [0.4, 0.5) is 0 Å². The molecule has 1 heteroatoms. The third-order valence-electron chi connectivity index (χ3n) is 1.25. The standard InChI is InChI=1S/C6H15N.H2/c1-4-6(2)5-7-3;/h6-7H,4-5H2,1-3H3;1H/t6-;/m1./s1. The van der Waals surface area contributed by atoms with Gasteiger partial charge in [0.1, 0.15) is 0 Å². The van der Waals surface area contributed by atoms with E-state index in [1.807, 2.05) is 7.05 Å². The molecule has 46 valence electrons. The Balaban J connectivity index is 0. The van der Waals surface area contributed by atoms with Gasteiger partial charge in [-0.3, -0.25) is 0 Å². The van der Waals surface area contributed by atoms with Gasteiger partial charge in [-0.05, 0) is 19.5 Å². The summed E-state index contributed by atoms with van der Waals surface area (Å²) >= 11 is 0. The van der Waals surface area contributed by atoms with Crippen molar-refractivity contribution in [1.82, 2.24) is 5.32 Å². The number of hydrogen-bond acceptors (Lipinski definition) is 1. The van der Waals surface area contributed by atoms with Crippen LogP contribution in [0.5, 0.6) is 0 Å². The largest absolute Gasteiger partial charge is 0.319 e. The Hall–Kier alpha value is -0.0400. The van der Waals surface area contributed by atoms with Crippen molar-refractivity contribution < 1.29 is 1.43 Å². The van der Waals surface area contributed by atoms with Crippen molar-refractivity contribution in [2.75, 3.05) is 13.6 Å². The van der Waals surface area contributed by atoms with Gasteiger partial charge in [-0.25, -0.2) is 0 Å². The van der Waals surface area contributed by atoms with Crippen LogP contribution in [0.25, 0.3) is 0 Å². The Morgan fingerprint density at radius 1 is 1.71 bits per heavy atom. The average molecular weight is 103 g/mol. The highest BCUT2D eigenvalue weighted by atomic mass is 14.8. The molecule has 0 spiro atoms. The lowest BCUT2D eigenvalue weighted by atomic mass is 10.1. The number of nitrogens with one attached hydrogen (secondary N) is 1. The van der Waals surface area contributed by atoms with Gasteiger partial charge in [0.15, 0.2) is 0 Å². The fourth-order valence-electron chi connectivity index (χ4n) is 0.493. The lowest BCUT2D eigenvalue weighted by molar-refractivity contribution is 0.528. The fourth-order valence-corrected chi connectivity index (χ4v) is 0.493. The highest BCUT2D eigenvalue weighted by Crippen LogP contribution is 1.95. The molecule has 0 aliphatic rings. The van der Waals surface area contributed by atoms with Crippen LogP contribution in [0.2, 0.25) is 0 Å². The van der Waals surface area contributed by atoms with Crippen LogP contribution in [0.15, 0.2) is 0 Å². The average Bonchev–Trinajstić information content (AvgIpc) is 1.68. The molecule has 7 heavy (non-hydrogen) atoms. The van der Waals surface area contributed by atoms with Gasteiger partial charge in [-0.15, -0.1) is 0 Å². The van der Waals surface area contributed by atoms with Crippen molar-refractivity contribution in [1.29, 1.82) is 0 Å². The molecule has 0 unspecified atom stereocenters. The van der Waals surface area contributed by atoms with Gasteiger partial charge in [-0.1, -0.05) is 20.3 Å². The molecule has 0 fully saturated rings. The summed E-state index contributed by atoms with van der Waals surface area (Å²) < 4.78 is 0. The number of rotatable bonds is 3. The van der Waals surface area contributed by atoms with E-state index in [9.17, 15) is 0 Å². The molecule has 0 amide bonds. The maximum atomic E-state index is 3.12. The Kier molecular flexibility index (Phi) is 4.10. The van der Waals surface area contributed by atoms with Gasteiger partial charge in [0.25, 0.3) is 0 Å². The SMILES string of the molecule is CC[C@@H](C)CNC.[HH]. The van der Waals surface area contributed by atoms with Gasteiger partial charge >= 0.3 is 0 Å². The first-order chi connectivity index (χ1) is 3.31. The van der Waals surface area contributed by atoms with Gasteiger partial charge in [0.2, 0.25) is 0 Å². The molecular formula is C6H17N. The van der Waals surface area contributed by atoms with E-state index in [2.05, 4.69) is 19.2 Å². The highest BCUT2D eigenvalue weighted by molar-refractivity contribution is 4.49. The molecule has 0 aliphatic carbocycles. The van der Waals surface area contributed by atoms with E-state index in [1.54, 1.807) is 0 Å². The topological polar surface area (TPSA) is 12.0 Å². The smallest absolute Gasteiger partial charge is 0 e. The van der Waals surface area contributed by atoms with Crippen LogP contribution in [0.3, 0.4) is 0 Å². The van der Waals surface area contributed by atoms with Gasteiger partial charge in [0.05, 0.1) is 0 Å². The van der Waals surface area contributed by atoms with E-state index in [4.69, 9.17) is 0 Å². The molecular weight excluding hydrogens is 86.1 g/mol. The summed E-state index contributed by atoms with van der Waals surface area (Å²) in [4.78, 5) is 0. The third kappa shape index (κ3) is 3.80. The van der Waals surface area contributed by atoms with Crippen LogP contribution in [0, 0.1) is 5.92 Å². The predicted molar refractivity (Wildman–Crippen MR) is 35.5 cm³/mol. The minimum absolute atomic E-state index is 0. The van der Waals surface area contributed by atoms with Crippen molar-refractivity contribution in [3.63, 3.8) is 0 Å². The summed E-state index contributed by atoms with van der Waals surface area (Å²) in [7, 11) is 1.99. The summed E-state index contributed by atoms with van der Waals surface area (Å²) in [6, 6.07) is 0. The molecule has 1 N–H and O–H groups in total. The molecule has 0 bridgehead atoms. The zero-order valence-electron chi connectivity index (χ0n) is 5.49. The van der Waals surface area contributed by atoms with Crippen LogP contribution in [-0.4, -0.2) is 13.6 Å².